The first-order valence-corrected chi connectivity index (χ1v) is 9.93. The summed E-state index contributed by atoms with van der Waals surface area (Å²) in [4.78, 5) is 37.9. The molecular weight excluding hydrogens is 426 g/mol. The lowest BCUT2D eigenvalue weighted by atomic mass is 9.98. The van der Waals surface area contributed by atoms with Crippen LogP contribution in [-0.4, -0.2) is 45.6 Å². The van der Waals surface area contributed by atoms with Gasteiger partial charge in [-0.15, -0.1) is 0 Å². The largest absolute Gasteiger partial charge is 0.497 e. The Morgan fingerprint density at radius 2 is 1.39 bits per heavy atom. The molecule has 170 valence electrons. The van der Waals surface area contributed by atoms with Crippen molar-refractivity contribution in [1.82, 2.24) is 0 Å². The van der Waals surface area contributed by atoms with Gasteiger partial charge in [0, 0.05) is 17.2 Å². The second-order valence-corrected chi connectivity index (χ2v) is 6.79. The van der Waals surface area contributed by atoms with Gasteiger partial charge >= 0.3 is 5.97 Å². The van der Waals surface area contributed by atoms with Crippen LogP contribution < -0.4 is 19.5 Å². The van der Waals surface area contributed by atoms with Gasteiger partial charge in [-0.05, 0) is 42.5 Å². The Morgan fingerprint density at radius 1 is 0.758 bits per heavy atom. The fourth-order valence-electron chi connectivity index (χ4n) is 3.05. The van der Waals surface area contributed by atoms with Gasteiger partial charge in [-0.3, -0.25) is 9.59 Å². The normalized spacial score (nSPS) is 10.2. The Morgan fingerprint density at radius 3 is 2.03 bits per heavy atom. The highest BCUT2D eigenvalue weighted by molar-refractivity contribution is 6.14. The lowest BCUT2D eigenvalue weighted by Crippen LogP contribution is -2.22. The predicted molar refractivity (Wildman–Crippen MR) is 121 cm³/mol. The highest BCUT2D eigenvalue weighted by Gasteiger charge is 2.20. The van der Waals surface area contributed by atoms with Gasteiger partial charge in [0.2, 0.25) is 0 Å². The number of hydrogen-bond donors (Lipinski definition) is 1. The van der Waals surface area contributed by atoms with Crippen LogP contribution in [0.4, 0.5) is 5.69 Å². The van der Waals surface area contributed by atoms with Crippen LogP contribution in [0.2, 0.25) is 0 Å². The molecule has 0 aliphatic rings. The summed E-state index contributed by atoms with van der Waals surface area (Å²) in [7, 11) is 4.51. The van der Waals surface area contributed by atoms with Crippen molar-refractivity contribution in [3.05, 3.63) is 83.4 Å². The van der Waals surface area contributed by atoms with Crippen LogP contribution in [0, 0.1) is 0 Å². The molecule has 3 aromatic rings. The summed E-state index contributed by atoms with van der Waals surface area (Å²) in [6, 6.07) is 17.7. The van der Waals surface area contributed by atoms with Gasteiger partial charge in [0.25, 0.3) is 5.91 Å². The molecule has 0 aliphatic heterocycles. The van der Waals surface area contributed by atoms with Crippen LogP contribution >= 0.6 is 0 Å². The third-order valence-corrected chi connectivity index (χ3v) is 4.76. The number of ether oxygens (including phenoxy) is 4. The van der Waals surface area contributed by atoms with E-state index in [0.717, 1.165) is 0 Å². The van der Waals surface area contributed by atoms with Crippen molar-refractivity contribution in [2.24, 2.45) is 0 Å². The second-order valence-electron chi connectivity index (χ2n) is 6.79. The lowest BCUT2D eigenvalue weighted by Gasteiger charge is -2.12. The molecular formula is C25H23NO7. The summed E-state index contributed by atoms with van der Waals surface area (Å²) in [5.41, 5.74) is 1.02. The van der Waals surface area contributed by atoms with Gasteiger partial charge < -0.3 is 24.3 Å². The number of benzene rings is 3. The smallest absolute Gasteiger partial charge is 0.339 e. The SMILES string of the molecule is COc1ccc(C(=O)c2ccccc2C(=O)OCC(=O)Nc2ccc(OC)cc2OC)cc1. The van der Waals surface area contributed by atoms with E-state index in [1.165, 1.54) is 33.5 Å². The van der Waals surface area contributed by atoms with Crippen LogP contribution in [0.15, 0.2) is 66.7 Å². The zero-order valence-corrected chi connectivity index (χ0v) is 18.4. The van der Waals surface area contributed by atoms with Crippen LogP contribution in [0.3, 0.4) is 0 Å². The van der Waals surface area contributed by atoms with E-state index in [1.807, 2.05) is 0 Å². The topological polar surface area (TPSA) is 100 Å². The maximum absolute atomic E-state index is 12.9. The Labute approximate surface area is 191 Å². The molecule has 1 N–H and O–H groups in total. The van der Waals surface area contributed by atoms with Crippen molar-refractivity contribution in [2.75, 3.05) is 33.3 Å². The molecule has 8 nitrogen and oxygen atoms in total. The van der Waals surface area contributed by atoms with Crippen LogP contribution in [0.5, 0.6) is 17.2 Å². The van der Waals surface area contributed by atoms with Gasteiger partial charge in [-0.25, -0.2) is 4.79 Å². The Kier molecular flexibility index (Phi) is 7.64. The van der Waals surface area contributed by atoms with Crippen molar-refractivity contribution >= 4 is 23.3 Å². The Bertz CT molecular complexity index is 1160. The maximum Gasteiger partial charge on any atom is 0.339 e. The number of nitrogens with one attached hydrogen (secondary N) is 1. The minimum atomic E-state index is -0.788. The van der Waals surface area contributed by atoms with Gasteiger partial charge in [0.1, 0.15) is 17.2 Å². The van der Waals surface area contributed by atoms with Gasteiger partial charge in [0.05, 0.1) is 32.6 Å². The van der Waals surface area contributed by atoms with Crippen molar-refractivity contribution in [2.45, 2.75) is 0 Å². The van der Waals surface area contributed by atoms with Crippen molar-refractivity contribution in [3.8, 4) is 17.2 Å². The molecule has 3 aromatic carbocycles. The van der Waals surface area contributed by atoms with Gasteiger partial charge in [0.15, 0.2) is 12.4 Å². The van der Waals surface area contributed by atoms with Crippen molar-refractivity contribution in [1.29, 1.82) is 0 Å². The van der Waals surface area contributed by atoms with Crippen LogP contribution in [-0.2, 0) is 9.53 Å². The first-order valence-electron chi connectivity index (χ1n) is 9.93. The molecule has 0 atom stereocenters. The molecule has 0 aromatic heterocycles. The monoisotopic (exact) mass is 449 g/mol. The number of carbonyl (C=O) groups excluding carboxylic acids is 3. The molecule has 1 amide bonds. The van der Waals surface area contributed by atoms with Gasteiger partial charge in [-0.1, -0.05) is 18.2 Å². The molecule has 0 bridgehead atoms. The average molecular weight is 449 g/mol. The van der Waals surface area contributed by atoms with E-state index in [9.17, 15) is 14.4 Å². The van der Waals surface area contributed by atoms with Crippen molar-refractivity contribution in [3.63, 3.8) is 0 Å². The standard InChI is InChI=1S/C25H23NO7/c1-30-17-10-8-16(9-11-17)24(28)19-6-4-5-7-20(19)25(29)33-15-23(27)26-21-13-12-18(31-2)14-22(21)32-3/h4-14H,15H2,1-3H3,(H,26,27). The fraction of sp³-hybridized carbons (Fsp3) is 0.160. The number of anilines is 1. The maximum atomic E-state index is 12.9. The van der Waals surface area contributed by atoms with E-state index in [2.05, 4.69) is 5.32 Å². The minimum absolute atomic E-state index is 0.0631. The van der Waals surface area contributed by atoms with Crippen LogP contribution in [0.25, 0.3) is 0 Å². The molecule has 3 rings (SSSR count). The van der Waals surface area contributed by atoms with Crippen molar-refractivity contribution < 1.29 is 33.3 Å². The molecule has 0 spiro atoms. The van der Waals surface area contributed by atoms with E-state index >= 15 is 0 Å². The third-order valence-electron chi connectivity index (χ3n) is 4.76. The van der Waals surface area contributed by atoms with Crippen LogP contribution in [0.1, 0.15) is 26.3 Å². The first kappa shape index (κ1) is 23.3. The molecule has 8 heteroatoms. The first-order chi connectivity index (χ1) is 16.0. The molecule has 0 unspecified atom stereocenters. The fourth-order valence-corrected chi connectivity index (χ4v) is 3.05. The number of rotatable bonds is 9. The Hall–Kier alpha value is -4.33. The number of esters is 1. The number of amides is 1. The minimum Gasteiger partial charge on any atom is -0.497 e. The molecule has 0 saturated heterocycles. The summed E-state index contributed by atoms with van der Waals surface area (Å²) in [6.07, 6.45) is 0. The highest BCUT2D eigenvalue weighted by atomic mass is 16.5. The summed E-state index contributed by atoms with van der Waals surface area (Å²) in [5.74, 6) is -0.134. The molecule has 0 aliphatic carbocycles. The van der Waals surface area contributed by atoms with E-state index in [4.69, 9.17) is 18.9 Å². The predicted octanol–water partition coefficient (Wildman–Crippen LogP) is 3.74. The number of ketones is 1. The average Bonchev–Trinajstić information content (AvgIpc) is 2.87. The molecule has 0 fully saturated rings. The quantitative estimate of drug-likeness (QED) is 0.392. The summed E-state index contributed by atoms with van der Waals surface area (Å²) in [5, 5.41) is 2.62. The number of carbonyl (C=O) groups is 3. The third kappa shape index (κ3) is 5.68. The summed E-state index contributed by atoms with van der Waals surface area (Å²) in [6.45, 7) is -0.543. The van der Waals surface area contributed by atoms with E-state index in [1.54, 1.807) is 54.6 Å². The zero-order valence-electron chi connectivity index (χ0n) is 18.4. The zero-order chi connectivity index (χ0) is 23.8. The lowest BCUT2D eigenvalue weighted by molar-refractivity contribution is -0.119. The summed E-state index contributed by atoms with van der Waals surface area (Å²) < 4.78 is 20.6. The molecule has 33 heavy (non-hydrogen) atoms. The second kappa shape index (κ2) is 10.8. The van der Waals surface area contributed by atoms with E-state index < -0.39 is 18.5 Å². The Balaban J connectivity index is 1.68. The molecule has 0 saturated carbocycles. The number of hydrogen-bond acceptors (Lipinski definition) is 7. The van der Waals surface area contributed by atoms with E-state index in [0.29, 0.717) is 28.5 Å². The summed E-state index contributed by atoms with van der Waals surface area (Å²) >= 11 is 0. The highest BCUT2D eigenvalue weighted by Crippen LogP contribution is 2.29. The van der Waals surface area contributed by atoms with E-state index in [-0.39, 0.29) is 16.9 Å². The molecule has 0 radical (unpaired) electrons. The van der Waals surface area contributed by atoms with Gasteiger partial charge in [-0.2, -0.15) is 0 Å². The molecule has 0 heterocycles. The number of methoxy groups -OCH3 is 3.